The Kier molecular flexibility index (Phi) is 6.00. The average Bonchev–Trinajstić information content (AvgIpc) is 3.19. The third-order valence-electron chi connectivity index (χ3n) is 5.72. The van der Waals surface area contributed by atoms with E-state index < -0.39 is 0 Å². The maximum atomic E-state index is 13.2. The molecule has 0 aromatic heterocycles. The zero-order chi connectivity index (χ0) is 20.2. The molecule has 5 nitrogen and oxygen atoms in total. The van der Waals surface area contributed by atoms with Crippen molar-refractivity contribution in [1.82, 2.24) is 4.90 Å². The molecule has 2 aromatic carbocycles. The minimum absolute atomic E-state index is 0.0109. The maximum absolute atomic E-state index is 13.2. The first-order valence-electron chi connectivity index (χ1n) is 10.2. The number of amides is 1. The summed E-state index contributed by atoms with van der Waals surface area (Å²) in [7, 11) is 0. The van der Waals surface area contributed by atoms with E-state index in [0.717, 1.165) is 61.5 Å². The summed E-state index contributed by atoms with van der Waals surface area (Å²) < 4.78 is 24.3. The third-order valence-corrected chi connectivity index (χ3v) is 5.72. The molecular weight excluding hydrogens is 371 g/mol. The zero-order valence-corrected chi connectivity index (χ0v) is 16.7. The lowest BCUT2D eigenvalue weighted by molar-refractivity contribution is -0.116. The topological polar surface area (TPSA) is 50.8 Å². The van der Waals surface area contributed by atoms with Crippen LogP contribution in [0.1, 0.15) is 36.8 Å². The zero-order valence-electron chi connectivity index (χ0n) is 16.7. The second kappa shape index (κ2) is 8.82. The summed E-state index contributed by atoms with van der Waals surface area (Å²) in [4.78, 5) is 14.8. The number of ether oxygens (including phenoxy) is 2. The van der Waals surface area contributed by atoms with Crippen LogP contribution in [0.25, 0.3) is 0 Å². The monoisotopic (exact) mass is 398 g/mol. The van der Waals surface area contributed by atoms with Gasteiger partial charge in [0.25, 0.3) is 0 Å². The third kappa shape index (κ3) is 4.88. The first kappa shape index (κ1) is 19.7. The fourth-order valence-electron chi connectivity index (χ4n) is 4.20. The normalized spacial score (nSPS) is 18.6. The van der Waals surface area contributed by atoms with E-state index in [0.29, 0.717) is 18.0 Å². The van der Waals surface area contributed by atoms with Gasteiger partial charge >= 0.3 is 0 Å². The van der Waals surface area contributed by atoms with Gasteiger partial charge in [0.15, 0.2) is 11.5 Å². The van der Waals surface area contributed by atoms with Crippen LogP contribution < -0.4 is 14.8 Å². The number of piperidine rings is 1. The van der Waals surface area contributed by atoms with Crippen molar-refractivity contribution in [2.75, 3.05) is 25.2 Å². The Bertz CT molecular complexity index is 886. The van der Waals surface area contributed by atoms with E-state index >= 15 is 0 Å². The Morgan fingerprint density at radius 2 is 2.17 bits per heavy atom. The highest BCUT2D eigenvalue weighted by atomic mass is 19.1. The van der Waals surface area contributed by atoms with E-state index in [-0.39, 0.29) is 18.5 Å². The van der Waals surface area contributed by atoms with Crippen LogP contribution in [-0.2, 0) is 11.3 Å². The van der Waals surface area contributed by atoms with Crippen LogP contribution in [0, 0.1) is 18.7 Å². The van der Waals surface area contributed by atoms with Crippen molar-refractivity contribution in [2.24, 2.45) is 5.92 Å². The fourth-order valence-corrected chi connectivity index (χ4v) is 4.20. The molecule has 2 aromatic rings. The number of halogens is 1. The van der Waals surface area contributed by atoms with Gasteiger partial charge in [-0.1, -0.05) is 12.1 Å². The van der Waals surface area contributed by atoms with Gasteiger partial charge in [-0.15, -0.1) is 0 Å². The second-order valence-corrected chi connectivity index (χ2v) is 7.94. The van der Waals surface area contributed by atoms with Crippen molar-refractivity contribution < 1.29 is 18.7 Å². The summed E-state index contributed by atoms with van der Waals surface area (Å²) >= 11 is 0. The Labute approximate surface area is 170 Å². The Morgan fingerprint density at radius 3 is 3.03 bits per heavy atom. The number of aryl methyl sites for hydroxylation is 1. The van der Waals surface area contributed by atoms with Crippen LogP contribution in [-0.4, -0.2) is 30.7 Å². The summed E-state index contributed by atoms with van der Waals surface area (Å²) in [6, 6.07) is 10.5. The molecule has 154 valence electrons. The van der Waals surface area contributed by atoms with Crippen molar-refractivity contribution in [1.29, 1.82) is 0 Å². The maximum Gasteiger partial charge on any atom is 0.231 e. The number of carbonyl (C=O) groups is 1. The van der Waals surface area contributed by atoms with Crippen molar-refractivity contribution in [3.8, 4) is 11.5 Å². The molecular formula is C23H27FN2O3. The van der Waals surface area contributed by atoms with Crippen LogP contribution in [0.3, 0.4) is 0 Å². The molecule has 2 heterocycles. The number of nitrogens with zero attached hydrogens (tertiary/aromatic N) is 1. The lowest BCUT2D eigenvalue weighted by Gasteiger charge is -2.33. The lowest BCUT2D eigenvalue weighted by Crippen LogP contribution is -2.35. The second-order valence-electron chi connectivity index (χ2n) is 7.94. The molecule has 1 unspecified atom stereocenters. The van der Waals surface area contributed by atoms with Crippen LogP contribution >= 0.6 is 0 Å². The number of carbonyl (C=O) groups excluding carboxylic acids is 1. The van der Waals surface area contributed by atoms with E-state index in [1.54, 1.807) is 13.0 Å². The number of nitrogens with one attached hydrogen (secondary N) is 1. The molecule has 6 heteroatoms. The average molecular weight is 398 g/mol. The Balaban J connectivity index is 1.28. The molecule has 1 amide bonds. The summed E-state index contributed by atoms with van der Waals surface area (Å²) in [6.07, 6.45) is 3.61. The van der Waals surface area contributed by atoms with Gasteiger partial charge in [0.2, 0.25) is 12.7 Å². The predicted molar refractivity (Wildman–Crippen MR) is 110 cm³/mol. The van der Waals surface area contributed by atoms with Gasteiger partial charge in [0, 0.05) is 30.8 Å². The van der Waals surface area contributed by atoms with Crippen LogP contribution in [0.4, 0.5) is 10.1 Å². The molecule has 1 N–H and O–H groups in total. The van der Waals surface area contributed by atoms with E-state index in [4.69, 9.17) is 9.47 Å². The molecule has 0 aliphatic carbocycles. The number of fused-ring (bicyclic) bond motifs is 1. The van der Waals surface area contributed by atoms with Gasteiger partial charge in [0.1, 0.15) is 5.82 Å². The summed E-state index contributed by atoms with van der Waals surface area (Å²) in [5.41, 5.74) is 2.58. The van der Waals surface area contributed by atoms with E-state index in [1.165, 1.54) is 12.1 Å². The first-order chi connectivity index (χ1) is 14.1. The number of hydrogen-bond acceptors (Lipinski definition) is 4. The molecule has 1 fully saturated rings. The molecule has 1 atom stereocenters. The predicted octanol–water partition coefficient (Wildman–Crippen LogP) is 4.49. The SMILES string of the molecule is Cc1cc(F)ccc1NC(=O)CCC1CCCN(Cc2cccc3c2OCO3)C1. The minimum Gasteiger partial charge on any atom is -0.454 e. The molecule has 1 saturated heterocycles. The van der Waals surface area contributed by atoms with Crippen LogP contribution in [0.2, 0.25) is 0 Å². The highest BCUT2D eigenvalue weighted by Crippen LogP contribution is 2.36. The summed E-state index contributed by atoms with van der Waals surface area (Å²) in [6.45, 7) is 4.96. The Hall–Kier alpha value is -2.60. The minimum atomic E-state index is -0.288. The van der Waals surface area contributed by atoms with Gasteiger partial charge in [-0.05, 0) is 68.5 Å². The van der Waals surface area contributed by atoms with E-state index in [9.17, 15) is 9.18 Å². The first-order valence-corrected chi connectivity index (χ1v) is 10.2. The number of anilines is 1. The molecule has 2 aliphatic heterocycles. The number of hydrogen-bond donors (Lipinski definition) is 1. The molecule has 0 radical (unpaired) electrons. The van der Waals surface area contributed by atoms with Crippen LogP contribution in [0.15, 0.2) is 36.4 Å². The number of likely N-dealkylation sites (tertiary alicyclic amines) is 1. The summed E-state index contributed by atoms with van der Waals surface area (Å²) in [5, 5.41) is 2.91. The number of benzene rings is 2. The number of para-hydroxylation sites is 1. The molecule has 0 saturated carbocycles. The molecule has 0 bridgehead atoms. The van der Waals surface area contributed by atoms with Gasteiger partial charge in [-0.25, -0.2) is 4.39 Å². The largest absolute Gasteiger partial charge is 0.454 e. The quantitative estimate of drug-likeness (QED) is 0.779. The standard InChI is InChI=1S/C23H27FN2O3/c1-16-12-19(24)8-9-20(16)25-22(27)10-7-17-4-3-11-26(13-17)14-18-5-2-6-21-23(18)29-15-28-21/h2,5-6,8-9,12,17H,3-4,7,10-11,13-15H2,1H3,(H,25,27). The molecule has 0 spiro atoms. The van der Waals surface area contributed by atoms with Gasteiger partial charge < -0.3 is 14.8 Å². The molecule has 29 heavy (non-hydrogen) atoms. The highest BCUT2D eigenvalue weighted by molar-refractivity contribution is 5.91. The molecule has 4 rings (SSSR count). The van der Waals surface area contributed by atoms with E-state index in [1.807, 2.05) is 12.1 Å². The van der Waals surface area contributed by atoms with Crippen molar-refractivity contribution >= 4 is 11.6 Å². The van der Waals surface area contributed by atoms with Gasteiger partial charge in [-0.2, -0.15) is 0 Å². The smallest absolute Gasteiger partial charge is 0.231 e. The number of rotatable bonds is 6. The summed E-state index contributed by atoms with van der Waals surface area (Å²) in [5.74, 6) is 1.89. The Morgan fingerprint density at radius 1 is 1.28 bits per heavy atom. The van der Waals surface area contributed by atoms with Crippen molar-refractivity contribution in [3.05, 3.63) is 53.3 Å². The van der Waals surface area contributed by atoms with E-state index in [2.05, 4.69) is 16.3 Å². The highest BCUT2D eigenvalue weighted by Gasteiger charge is 2.24. The van der Waals surface area contributed by atoms with Gasteiger partial charge in [-0.3, -0.25) is 9.69 Å². The van der Waals surface area contributed by atoms with Crippen molar-refractivity contribution in [2.45, 2.75) is 39.2 Å². The van der Waals surface area contributed by atoms with Crippen molar-refractivity contribution in [3.63, 3.8) is 0 Å². The van der Waals surface area contributed by atoms with Crippen LogP contribution in [0.5, 0.6) is 11.5 Å². The molecule has 2 aliphatic rings. The lowest BCUT2D eigenvalue weighted by atomic mass is 9.93. The fraction of sp³-hybridized carbons (Fsp3) is 0.435. The van der Waals surface area contributed by atoms with Gasteiger partial charge in [0.05, 0.1) is 0 Å².